The largest absolute Gasteiger partial charge is 0.494 e. The molecule has 0 spiro atoms. The number of nitrogens with two attached hydrogens (primary N) is 1. The van der Waals surface area contributed by atoms with E-state index in [-0.39, 0.29) is 11.7 Å². The van der Waals surface area contributed by atoms with E-state index in [0.29, 0.717) is 18.7 Å². The molecule has 0 aliphatic rings. The Balaban J connectivity index is 2.83. The molecule has 1 aromatic rings. The van der Waals surface area contributed by atoms with Crippen LogP contribution in [0.15, 0.2) is 24.3 Å². The molecule has 1 aromatic carbocycles. The third kappa shape index (κ3) is 3.86. The molecule has 3 nitrogen and oxygen atoms in total. The molecule has 17 heavy (non-hydrogen) atoms. The summed E-state index contributed by atoms with van der Waals surface area (Å²) < 4.78 is 5.39. The van der Waals surface area contributed by atoms with Gasteiger partial charge in [0.2, 0.25) is 0 Å². The van der Waals surface area contributed by atoms with Crippen molar-refractivity contribution in [1.29, 1.82) is 0 Å². The zero-order chi connectivity index (χ0) is 12.7. The third-order valence-corrected chi connectivity index (χ3v) is 2.72. The number of hydrogen-bond acceptors (Lipinski definition) is 3. The minimum atomic E-state index is -0.0723. The van der Waals surface area contributed by atoms with Gasteiger partial charge in [-0.2, -0.15) is 0 Å². The average molecular weight is 235 g/mol. The van der Waals surface area contributed by atoms with Gasteiger partial charge in [0, 0.05) is 18.0 Å². The molecule has 0 aliphatic heterocycles. The number of carbonyl (C=O) groups is 1. The van der Waals surface area contributed by atoms with Crippen LogP contribution in [0, 0.1) is 5.92 Å². The second-order valence-electron chi connectivity index (χ2n) is 4.05. The Morgan fingerprint density at radius 2 is 2.18 bits per heavy atom. The number of benzene rings is 1. The zero-order valence-electron chi connectivity index (χ0n) is 10.6. The standard InChI is InChI=1S/C14H21NO2/c1-3-6-12(10-15)14(16)11-7-5-8-13(9-11)17-4-2/h5,7-9,12H,3-4,6,10,15H2,1-2H3. The highest BCUT2D eigenvalue weighted by atomic mass is 16.5. The van der Waals surface area contributed by atoms with E-state index < -0.39 is 0 Å². The van der Waals surface area contributed by atoms with Gasteiger partial charge in [-0.05, 0) is 25.5 Å². The molecule has 0 aromatic heterocycles. The van der Waals surface area contributed by atoms with Crippen LogP contribution in [0.5, 0.6) is 5.75 Å². The highest BCUT2D eigenvalue weighted by Gasteiger charge is 2.17. The molecule has 94 valence electrons. The molecular weight excluding hydrogens is 214 g/mol. The summed E-state index contributed by atoms with van der Waals surface area (Å²) in [6.45, 7) is 5.00. The summed E-state index contributed by atoms with van der Waals surface area (Å²) in [7, 11) is 0. The second kappa shape index (κ2) is 7.07. The van der Waals surface area contributed by atoms with Crippen LogP contribution in [0.4, 0.5) is 0 Å². The van der Waals surface area contributed by atoms with Crippen LogP contribution in [0.1, 0.15) is 37.0 Å². The second-order valence-corrected chi connectivity index (χ2v) is 4.05. The molecule has 0 saturated heterocycles. The van der Waals surface area contributed by atoms with Crippen LogP contribution in [0.2, 0.25) is 0 Å². The summed E-state index contributed by atoms with van der Waals surface area (Å²) in [4.78, 5) is 12.2. The van der Waals surface area contributed by atoms with E-state index in [1.54, 1.807) is 6.07 Å². The van der Waals surface area contributed by atoms with E-state index in [4.69, 9.17) is 10.5 Å². The maximum absolute atomic E-state index is 12.2. The van der Waals surface area contributed by atoms with Crippen LogP contribution < -0.4 is 10.5 Å². The fourth-order valence-corrected chi connectivity index (χ4v) is 1.85. The van der Waals surface area contributed by atoms with Crippen molar-refractivity contribution in [3.63, 3.8) is 0 Å². The monoisotopic (exact) mass is 235 g/mol. The van der Waals surface area contributed by atoms with Crippen molar-refractivity contribution in [3.05, 3.63) is 29.8 Å². The van der Waals surface area contributed by atoms with Crippen LogP contribution >= 0.6 is 0 Å². The van der Waals surface area contributed by atoms with Crippen molar-refractivity contribution in [2.75, 3.05) is 13.2 Å². The molecule has 0 heterocycles. The first-order valence-corrected chi connectivity index (χ1v) is 6.20. The molecule has 0 amide bonds. The molecule has 1 atom stereocenters. The Labute approximate surface area is 103 Å². The maximum atomic E-state index is 12.2. The number of hydrogen-bond donors (Lipinski definition) is 1. The lowest BCUT2D eigenvalue weighted by atomic mass is 9.93. The number of rotatable bonds is 7. The van der Waals surface area contributed by atoms with Crippen LogP contribution in [0.25, 0.3) is 0 Å². The van der Waals surface area contributed by atoms with Crippen LogP contribution in [-0.4, -0.2) is 18.9 Å². The molecule has 3 heteroatoms. The molecule has 0 bridgehead atoms. The Morgan fingerprint density at radius 3 is 2.76 bits per heavy atom. The Kier molecular flexibility index (Phi) is 5.70. The summed E-state index contributed by atoms with van der Waals surface area (Å²) in [5.74, 6) is 0.790. The SMILES string of the molecule is CCCC(CN)C(=O)c1cccc(OCC)c1. The topological polar surface area (TPSA) is 52.3 Å². The molecule has 0 saturated carbocycles. The van der Waals surface area contributed by atoms with Crippen molar-refractivity contribution < 1.29 is 9.53 Å². The normalized spacial score (nSPS) is 12.2. The van der Waals surface area contributed by atoms with Gasteiger partial charge in [-0.25, -0.2) is 0 Å². The van der Waals surface area contributed by atoms with Gasteiger partial charge in [0.25, 0.3) is 0 Å². The highest BCUT2D eigenvalue weighted by molar-refractivity contribution is 5.98. The highest BCUT2D eigenvalue weighted by Crippen LogP contribution is 2.18. The van der Waals surface area contributed by atoms with Gasteiger partial charge in [0.1, 0.15) is 5.75 Å². The average Bonchev–Trinajstić information content (AvgIpc) is 2.36. The number of ether oxygens (including phenoxy) is 1. The van der Waals surface area contributed by atoms with Crippen molar-refractivity contribution in [1.82, 2.24) is 0 Å². The minimum absolute atomic E-state index is 0.0723. The van der Waals surface area contributed by atoms with E-state index in [1.807, 2.05) is 25.1 Å². The molecule has 0 radical (unpaired) electrons. The molecular formula is C14H21NO2. The summed E-state index contributed by atoms with van der Waals surface area (Å²) in [5.41, 5.74) is 6.34. The van der Waals surface area contributed by atoms with Gasteiger partial charge in [0.05, 0.1) is 6.61 Å². The van der Waals surface area contributed by atoms with E-state index in [9.17, 15) is 4.79 Å². The summed E-state index contributed by atoms with van der Waals surface area (Å²) >= 11 is 0. The Hall–Kier alpha value is -1.35. The summed E-state index contributed by atoms with van der Waals surface area (Å²) in [6.07, 6.45) is 1.81. The van der Waals surface area contributed by atoms with Gasteiger partial charge in [-0.1, -0.05) is 25.5 Å². The lowest BCUT2D eigenvalue weighted by molar-refractivity contribution is 0.0917. The van der Waals surface area contributed by atoms with Gasteiger partial charge >= 0.3 is 0 Å². The lowest BCUT2D eigenvalue weighted by Crippen LogP contribution is -2.23. The minimum Gasteiger partial charge on any atom is -0.494 e. The third-order valence-electron chi connectivity index (χ3n) is 2.72. The number of carbonyl (C=O) groups excluding carboxylic acids is 1. The zero-order valence-corrected chi connectivity index (χ0v) is 10.6. The quantitative estimate of drug-likeness (QED) is 0.739. The molecule has 0 fully saturated rings. The molecule has 1 unspecified atom stereocenters. The predicted octanol–water partition coefficient (Wildman–Crippen LogP) is 2.64. The fraction of sp³-hybridized carbons (Fsp3) is 0.500. The smallest absolute Gasteiger partial charge is 0.167 e. The molecule has 1 rings (SSSR count). The summed E-state index contributed by atoms with van der Waals surface area (Å²) in [5, 5.41) is 0. The van der Waals surface area contributed by atoms with E-state index in [0.717, 1.165) is 18.6 Å². The number of Topliss-reactive ketones (excluding diaryl/α,β-unsaturated/α-hetero) is 1. The maximum Gasteiger partial charge on any atom is 0.167 e. The van der Waals surface area contributed by atoms with E-state index in [1.165, 1.54) is 0 Å². The predicted molar refractivity (Wildman–Crippen MR) is 69.4 cm³/mol. The lowest BCUT2D eigenvalue weighted by Gasteiger charge is -2.13. The van der Waals surface area contributed by atoms with Crippen molar-refractivity contribution >= 4 is 5.78 Å². The summed E-state index contributed by atoms with van der Waals surface area (Å²) in [6, 6.07) is 7.32. The van der Waals surface area contributed by atoms with Crippen molar-refractivity contribution in [3.8, 4) is 5.75 Å². The van der Waals surface area contributed by atoms with Crippen LogP contribution in [-0.2, 0) is 0 Å². The number of ketones is 1. The Bertz CT molecular complexity index is 363. The Morgan fingerprint density at radius 1 is 1.41 bits per heavy atom. The fourth-order valence-electron chi connectivity index (χ4n) is 1.85. The van der Waals surface area contributed by atoms with Gasteiger partial charge in [0.15, 0.2) is 5.78 Å². The van der Waals surface area contributed by atoms with Crippen molar-refractivity contribution in [2.45, 2.75) is 26.7 Å². The molecule has 0 aliphatic carbocycles. The van der Waals surface area contributed by atoms with E-state index >= 15 is 0 Å². The first-order chi connectivity index (χ1) is 8.22. The molecule has 2 N–H and O–H groups in total. The first-order valence-electron chi connectivity index (χ1n) is 6.20. The van der Waals surface area contributed by atoms with Crippen molar-refractivity contribution in [2.24, 2.45) is 11.7 Å². The van der Waals surface area contributed by atoms with Crippen LogP contribution in [0.3, 0.4) is 0 Å². The van der Waals surface area contributed by atoms with Gasteiger partial charge < -0.3 is 10.5 Å². The first kappa shape index (κ1) is 13.7. The van der Waals surface area contributed by atoms with E-state index in [2.05, 4.69) is 6.92 Å². The van der Waals surface area contributed by atoms with Gasteiger partial charge in [-0.15, -0.1) is 0 Å². The van der Waals surface area contributed by atoms with Gasteiger partial charge in [-0.3, -0.25) is 4.79 Å².